The van der Waals surface area contributed by atoms with Crippen molar-refractivity contribution in [3.63, 3.8) is 0 Å². The quantitative estimate of drug-likeness (QED) is 0.806. The molecule has 0 radical (unpaired) electrons. The van der Waals surface area contributed by atoms with Crippen LogP contribution >= 0.6 is 0 Å². The van der Waals surface area contributed by atoms with E-state index in [4.69, 9.17) is 4.74 Å². The molecule has 2 aromatic rings. The zero-order valence-corrected chi connectivity index (χ0v) is 16.9. The fourth-order valence-electron chi connectivity index (χ4n) is 3.25. The van der Waals surface area contributed by atoms with Crippen molar-refractivity contribution in [3.8, 4) is 0 Å². The molecule has 1 aliphatic rings. The molecule has 0 saturated heterocycles. The molecule has 0 bridgehead atoms. The predicted octanol–water partition coefficient (Wildman–Crippen LogP) is 2.69. The molecule has 8 heteroatoms. The average molecular weight is 401 g/mol. The Balaban J connectivity index is 1.90. The second-order valence-corrected chi connectivity index (χ2v) is 8.49. The molecule has 28 heavy (non-hydrogen) atoms. The molecule has 1 aliphatic heterocycles. The maximum atomic E-state index is 12.5. The lowest BCUT2D eigenvalue weighted by molar-refractivity contribution is -0.137. The lowest BCUT2D eigenvalue weighted by Crippen LogP contribution is -2.30. The van der Waals surface area contributed by atoms with Gasteiger partial charge < -0.3 is 4.74 Å². The van der Waals surface area contributed by atoms with E-state index in [1.54, 1.807) is 24.3 Å². The number of carbonyl (C=O) groups is 1. The molecule has 3 rings (SSSR count). The third kappa shape index (κ3) is 4.58. The van der Waals surface area contributed by atoms with Gasteiger partial charge in [-0.05, 0) is 35.7 Å². The van der Waals surface area contributed by atoms with E-state index in [1.165, 1.54) is 12.1 Å². The number of hydrazone groups is 1. The summed E-state index contributed by atoms with van der Waals surface area (Å²) in [6, 6.07) is 14.7. The Morgan fingerprint density at radius 3 is 2.50 bits per heavy atom. The molecule has 0 unspecified atom stereocenters. The standard InChI is InChI=1S/C20H23N3O4S/c1-14-6-4-5-7-17(14)19-12-18(21-23(19)20(24)13-27-2)15-8-10-16(11-9-15)22-28(3,25)26/h4-11,19,22H,12-13H2,1-3H3/t19-/m1/s1. The second-order valence-electron chi connectivity index (χ2n) is 6.75. The maximum Gasteiger partial charge on any atom is 0.269 e. The van der Waals surface area contributed by atoms with E-state index in [0.717, 1.165) is 28.7 Å². The van der Waals surface area contributed by atoms with E-state index in [1.807, 2.05) is 31.2 Å². The summed E-state index contributed by atoms with van der Waals surface area (Å²) in [6.07, 6.45) is 1.67. The summed E-state index contributed by atoms with van der Waals surface area (Å²) < 4.78 is 30.2. The van der Waals surface area contributed by atoms with Crippen LogP contribution in [0.15, 0.2) is 53.6 Å². The van der Waals surface area contributed by atoms with Crippen molar-refractivity contribution in [1.82, 2.24) is 5.01 Å². The summed E-state index contributed by atoms with van der Waals surface area (Å²) in [4.78, 5) is 12.5. The first-order valence-electron chi connectivity index (χ1n) is 8.80. The molecule has 1 heterocycles. The largest absolute Gasteiger partial charge is 0.375 e. The number of carbonyl (C=O) groups excluding carboxylic acids is 1. The molecule has 0 saturated carbocycles. The number of sulfonamides is 1. The van der Waals surface area contributed by atoms with Gasteiger partial charge in [-0.25, -0.2) is 13.4 Å². The summed E-state index contributed by atoms with van der Waals surface area (Å²) in [5.41, 5.74) is 4.22. The van der Waals surface area contributed by atoms with Crippen molar-refractivity contribution in [2.75, 3.05) is 24.7 Å². The monoisotopic (exact) mass is 401 g/mol. The fraction of sp³-hybridized carbons (Fsp3) is 0.300. The van der Waals surface area contributed by atoms with Crippen LogP contribution in [0.3, 0.4) is 0 Å². The van der Waals surface area contributed by atoms with E-state index in [2.05, 4.69) is 9.82 Å². The first kappa shape index (κ1) is 20.0. The van der Waals surface area contributed by atoms with Crippen molar-refractivity contribution >= 4 is 27.3 Å². The Bertz CT molecular complexity index is 1000. The second kappa shape index (κ2) is 8.12. The van der Waals surface area contributed by atoms with Gasteiger partial charge in [0, 0.05) is 19.2 Å². The zero-order valence-electron chi connectivity index (χ0n) is 16.0. The van der Waals surface area contributed by atoms with Gasteiger partial charge in [-0.1, -0.05) is 36.4 Å². The minimum atomic E-state index is -3.33. The van der Waals surface area contributed by atoms with Crippen LogP contribution in [0.4, 0.5) is 5.69 Å². The Morgan fingerprint density at radius 1 is 1.21 bits per heavy atom. The van der Waals surface area contributed by atoms with E-state index in [0.29, 0.717) is 12.1 Å². The molecule has 1 N–H and O–H groups in total. The van der Waals surface area contributed by atoms with Crippen LogP contribution in [0.2, 0.25) is 0 Å². The Morgan fingerprint density at radius 2 is 1.89 bits per heavy atom. The van der Waals surface area contributed by atoms with Gasteiger partial charge in [0.05, 0.1) is 18.0 Å². The smallest absolute Gasteiger partial charge is 0.269 e. The lowest BCUT2D eigenvalue weighted by atomic mass is 9.95. The first-order chi connectivity index (χ1) is 13.3. The fourth-order valence-corrected chi connectivity index (χ4v) is 3.82. The number of nitrogens with zero attached hydrogens (tertiary/aromatic N) is 2. The van der Waals surface area contributed by atoms with Gasteiger partial charge in [0.1, 0.15) is 6.61 Å². The number of rotatable bonds is 6. The number of aryl methyl sites for hydroxylation is 1. The van der Waals surface area contributed by atoms with E-state index in [9.17, 15) is 13.2 Å². The third-order valence-corrected chi connectivity index (χ3v) is 5.11. The average Bonchev–Trinajstić information content (AvgIpc) is 3.07. The van der Waals surface area contributed by atoms with E-state index < -0.39 is 10.0 Å². The minimum absolute atomic E-state index is 0.0453. The number of benzene rings is 2. The molecule has 0 spiro atoms. The molecule has 7 nitrogen and oxygen atoms in total. The van der Waals surface area contributed by atoms with Gasteiger partial charge in [-0.2, -0.15) is 5.10 Å². The number of methoxy groups -OCH3 is 1. The Kier molecular flexibility index (Phi) is 5.81. The van der Waals surface area contributed by atoms with Gasteiger partial charge in [0.15, 0.2) is 0 Å². The molecular weight excluding hydrogens is 378 g/mol. The van der Waals surface area contributed by atoms with Crippen LogP contribution in [0.5, 0.6) is 0 Å². The van der Waals surface area contributed by atoms with Gasteiger partial charge in [-0.3, -0.25) is 9.52 Å². The number of nitrogens with one attached hydrogen (secondary N) is 1. The number of hydrogen-bond donors (Lipinski definition) is 1. The van der Waals surface area contributed by atoms with Crippen LogP contribution in [-0.2, 0) is 19.6 Å². The highest BCUT2D eigenvalue weighted by molar-refractivity contribution is 7.92. The van der Waals surface area contributed by atoms with Gasteiger partial charge in [-0.15, -0.1) is 0 Å². The minimum Gasteiger partial charge on any atom is -0.375 e. The molecule has 0 aliphatic carbocycles. The van der Waals surface area contributed by atoms with Crippen LogP contribution < -0.4 is 4.72 Å². The van der Waals surface area contributed by atoms with Crippen LogP contribution in [-0.4, -0.2) is 45.0 Å². The highest BCUT2D eigenvalue weighted by Crippen LogP contribution is 2.34. The van der Waals surface area contributed by atoms with Crippen molar-refractivity contribution in [1.29, 1.82) is 0 Å². The number of hydrogen-bond acceptors (Lipinski definition) is 5. The summed E-state index contributed by atoms with van der Waals surface area (Å²) in [6.45, 7) is 1.97. The molecule has 0 aromatic heterocycles. The maximum absolute atomic E-state index is 12.5. The Hall–Kier alpha value is -2.71. The van der Waals surface area contributed by atoms with E-state index >= 15 is 0 Å². The molecule has 148 valence electrons. The number of amides is 1. The van der Waals surface area contributed by atoms with Crippen molar-refractivity contribution < 1.29 is 17.9 Å². The summed E-state index contributed by atoms with van der Waals surface area (Å²) in [5, 5.41) is 6.05. The number of anilines is 1. The lowest BCUT2D eigenvalue weighted by Gasteiger charge is -2.23. The van der Waals surface area contributed by atoms with E-state index in [-0.39, 0.29) is 18.6 Å². The van der Waals surface area contributed by atoms with Gasteiger partial charge >= 0.3 is 0 Å². The van der Waals surface area contributed by atoms with Crippen molar-refractivity contribution in [2.45, 2.75) is 19.4 Å². The Labute approximate surface area is 165 Å². The predicted molar refractivity (Wildman–Crippen MR) is 109 cm³/mol. The molecule has 0 fully saturated rings. The molecular formula is C20H23N3O4S. The summed E-state index contributed by atoms with van der Waals surface area (Å²) >= 11 is 0. The topological polar surface area (TPSA) is 88.1 Å². The first-order valence-corrected chi connectivity index (χ1v) is 10.7. The highest BCUT2D eigenvalue weighted by Gasteiger charge is 2.33. The zero-order chi connectivity index (χ0) is 20.3. The molecule has 2 aromatic carbocycles. The molecule has 1 amide bonds. The van der Waals surface area contributed by atoms with Crippen LogP contribution in [0.1, 0.15) is 29.2 Å². The van der Waals surface area contributed by atoms with Crippen molar-refractivity contribution in [2.24, 2.45) is 5.10 Å². The number of ether oxygens (including phenoxy) is 1. The van der Waals surface area contributed by atoms with Crippen LogP contribution in [0, 0.1) is 6.92 Å². The van der Waals surface area contributed by atoms with Crippen molar-refractivity contribution in [3.05, 3.63) is 65.2 Å². The normalized spacial score (nSPS) is 16.8. The summed E-state index contributed by atoms with van der Waals surface area (Å²) in [7, 11) is -1.85. The SMILES string of the molecule is COCC(=O)N1N=C(c2ccc(NS(C)(=O)=O)cc2)C[C@@H]1c1ccccc1C. The van der Waals surface area contributed by atoms with Crippen LogP contribution in [0.25, 0.3) is 0 Å². The molecule has 1 atom stereocenters. The van der Waals surface area contributed by atoms with Gasteiger partial charge in [0.2, 0.25) is 10.0 Å². The summed E-state index contributed by atoms with van der Waals surface area (Å²) in [5.74, 6) is -0.207. The van der Waals surface area contributed by atoms with Gasteiger partial charge in [0.25, 0.3) is 5.91 Å². The third-order valence-electron chi connectivity index (χ3n) is 4.50. The highest BCUT2D eigenvalue weighted by atomic mass is 32.2.